The minimum Gasteiger partial charge on any atom is -0.396 e. The van der Waals surface area contributed by atoms with Gasteiger partial charge in [0.2, 0.25) is 4.77 Å². The summed E-state index contributed by atoms with van der Waals surface area (Å²) >= 11 is 5.75. The molecule has 2 aromatic carbocycles. The van der Waals surface area contributed by atoms with E-state index in [0.717, 1.165) is 43.0 Å². The molecule has 2 heterocycles. The van der Waals surface area contributed by atoms with Gasteiger partial charge in [0.1, 0.15) is 5.82 Å². The van der Waals surface area contributed by atoms with Crippen molar-refractivity contribution in [2.75, 3.05) is 19.7 Å². The number of nitrogens with zero attached hydrogens (tertiary/aromatic N) is 4. The maximum Gasteiger partial charge on any atom is 0.204 e. The van der Waals surface area contributed by atoms with Crippen LogP contribution in [0, 0.1) is 16.5 Å². The molecule has 0 saturated carbocycles. The van der Waals surface area contributed by atoms with Gasteiger partial charge in [-0.15, -0.1) is 5.10 Å². The van der Waals surface area contributed by atoms with Crippen LogP contribution in [0.3, 0.4) is 0 Å². The summed E-state index contributed by atoms with van der Waals surface area (Å²) in [6.45, 7) is 2.58. The van der Waals surface area contributed by atoms with Gasteiger partial charge in [0, 0.05) is 18.7 Å². The second kappa shape index (κ2) is 8.34. The third kappa shape index (κ3) is 3.92. The molecule has 0 unspecified atom stereocenters. The Morgan fingerprint density at radius 2 is 1.86 bits per heavy atom. The molecule has 3 aromatic rings. The molecule has 1 fully saturated rings. The van der Waals surface area contributed by atoms with E-state index in [1.54, 1.807) is 12.1 Å². The molecule has 0 amide bonds. The smallest absolute Gasteiger partial charge is 0.204 e. The third-order valence-corrected chi connectivity index (χ3v) is 5.54. The van der Waals surface area contributed by atoms with Crippen molar-refractivity contribution in [3.05, 3.63) is 65.2 Å². The van der Waals surface area contributed by atoms with E-state index in [1.807, 2.05) is 39.6 Å². The lowest BCUT2D eigenvalue weighted by Gasteiger charge is -2.31. The molecule has 1 aliphatic heterocycles. The maximum absolute atomic E-state index is 13.4. The summed E-state index contributed by atoms with van der Waals surface area (Å²) in [5.41, 5.74) is 1.73. The van der Waals surface area contributed by atoms with Crippen molar-refractivity contribution >= 4 is 12.2 Å². The fourth-order valence-electron chi connectivity index (χ4n) is 3.72. The molecule has 1 atom stereocenters. The first-order valence-electron chi connectivity index (χ1n) is 9.50. The van der Waals surface area contributed by atoms with Gasteiger partial charge in [-0.2, -0.15) is 0 Å². The Kier molecular flexibility index (Phi) is 5.66. The molecule has 0 bridgehead atoms. The number of hydrogen-bond donors (Lipinski definition) is 1. The van der Waals surface area contributed by atoms with Crippen molar-refractivity contribution in [3.8, 4) is 17.1 Å². The lowest BCUT2D eigenvalue weighted by molar-refractivity contribution is 0.0939. The second-order valence-electron chi connectivity index (χ2n) is 7.19. The Morgan fingerprint density at radius 3 is 2.57 bits per heavy atom. The van der Waals surface area contributed by atoms with Crippen LogP contribution >= 0.6 is 12.2 Å². The molecular formula is C21H23FN4OS. The van der Waals surface area contributed by atoms with Crippen LogP contribution in [0.2, 0.25) is 0 Å². The molecule has 28 heavy (non-hydrogen) atoms. The molecule has 146 valence electrons. The fourth-order valence-corrected chi connectivity index (χ4v) is 4.01. The molecule has 7 heteroatoms. The van der Waals surface area contributed by atoms with Gasteiger partial charge in [-0.25, -0.2) is 9.07 Å². The topological polar surface area (TPSA) is 46.2 Å². The Balaban J connectivity index is 1.74. The van der Waals surface area contributed by atoms with Crippen LogP contribution in [0.15, 0.2) is 54.6 Å². The highest BCUT2D eigenvalue weighted by Crippen LogP contribution is 2.24. The van der Waals surface area contributed by atoms with Crippen molar-refractivity contribution in [1.29, 1.82) is 0 Å². The number of hydrogen-bond acceptors (Lipinski definition) is 4. The van der Waals surface area contributed by atoms with Crippen LogP contribution in [-0.4, -0.2) is 44.1 Å². The van der Waals surface area contributed by atoms with Gasteiger partial charge in [0.05, 0.1) is 12.4 Å². The minimum atomic E-state index is -0.285. The van der Waals surface area contributed by atoms with E-state index in [0.29, 0.717) is 17.4 Å². The molecule has 1 aliphatic rings. The van der Waals surface area contributed by atoms with Gasteiger partial charge < -0.3 is 5.11 Å². The highest BCUT2D eigenvalue weighted by molar-refractivity contribution is 7.71. The predicted octanol–water partition coefficient (Wildman–Crippen LogP) is 3.87. The number of likely N-dealkylation sites (tertiary alicyclic amines) is 1. The Labute approximate surface area is 168 Å². The van der Waals surface area contributed by atoms with Crippen molar-refractivity contribution < 1.29 is 9.50 Å². The summed E-state index contributed by atoms with van der Waals surface area (Å²) in [6, 6.07) is 16.2. The monoisotopic (exact) mass is 398 g/mol. The summed E-state index contributed by atoms with van der Waals surface area (Å²) < 4.78 is 17.7. The molecule has 0 spiro atoms. The average molecular weight is 399 g/mol. The lowest BCUT2D eigenvalue weighted by Crippen LogP contribution is -2.38. The summed E-state index contributed by atoms with van der Waals surface area (Å²) in [6.07, 6.45) is 2.11. The Hall–Kier alpha value is -2.35. The second-order valence-corrected chi connectivity index (χ2v) is 7.56. The number of aromatic nitrogens is 3. The molecule has 1 N–H and O–H groups in total. The zero-order valence-electron chi connectivity index (χ0n) is 15.5. The number of piperidine rings is 1. The van der Waals surface area contributed by atoms with Crippen LogP contribution in [-0.2, 0) is 6.67 Å². The number of rotatable bonds is 5. The molecule has 1 saturated heterocycles. The van der Waals surface area contributed by atoms with Crippen LogP contribution in [0.5, 0.6) is 0 Å². The highest BCUT2D eigenvalue weighted by Gasteiger charge is 2.21. The standard InChI is InChI=1S/C21H23FN4OS/c22-18-8-10-19(11-9-18)26-20(17-6-2-1-3-7-17)23-25(21(26)28)15-24-12-4-5-16(13-24)14-27/h1-3,6-11,16,27H,4-5,12-15H2/t16-/m1/s1. The molecule has 4 rings (SSSR count). The van der Waals surface area contributed by atoms with Crippen LogP contribution in [0.4, 0.5) is 4.39 Å². The van der Waals surface area contributed by atoms with Crippen LogP contribution in [0.1, 0.15) is 12.8 Å². The van der Waals surface area contributed by atoms with Gasteiger partial charge in [-0.05, 0) is 61.8 Å². The predicted molar refractivity (Wildman–Crippen MR) is 109 cm³/mol. The summed E-state index contributed by atoms with van der Waals surface area (Å²) in [7, 11) is 0. The Bertz CT molecular complexity index is 984. The first-order chi connectivity index (χ1) is 13.7. The number of aliphatic hydroxyl groups is 1. The van der Waals surface area contributed by atoms with E-state index >= 15 is 0 Å². The van der Waals surface area contributed by atoms with Gasteiger partial charge in [-0.3, -0.25) is 9.47 Å². The first-order valence-corrected chi connectivity index (χ1v) is 9.91. The number of halogens is 1. The van der Waals surface area contributed by atoms with Crippen LogP contribution < -0.4 is 0 Å². The average Bonchev–Trinajstić information content (AvgIpc) is 3.05. The molecule has 1 aromatic heterocycles. The molecule has 0 aliphatic carbocycles. The SMILES string of the molecule is OC[C@@H]1CCCN(Cn2nc(-c3ccccc3)n(-c3ccc(F)cc3)c2=S)C1. The van der Waals surface area contributed by atoms with Gasteiger partial charge in [0.15, 0.2) is 5.82 Å². The van der Waals surface area contributed by atoms with E-state index < -0.39 is 0 Å². The quantitative estimate of drug-likeness (QED) is 0.663. The van der Waals surface area contributed by atoms with E-state index in [-0.39, 0.29) is 12.4 Å². The van der Waals surface area contributed by atoms with E-state index in [1.165, 1.54) is 12.1 Å². The highest BCUT2D eigenvalue weighted by atomic mass is 32.1. The molecular weight excluding hydrogens is 375 g/mol. The lowest BCUT2D eigenvalue weighted by atomic mass is 10.00. The Morgan fingerprint density at radius 1 is 1.11 bits per heavy atom. The minimum absolute atomic E-state index is 0.210. The summed E-state index contributed by atoms with van der Waals surface area (Å²) in [4.78, 5) is 2.27. The number of benzene rings is 2. The largest absolute Gasteiger partial charge is 0.396 e. The van der Waals surface area contributed by atoms with E-state index in [2.05, 4.69) is 4.90 Å². The normalized spacial score (nSPS) is 17.7. The van der Waals surface area contributed by atoms with Crippen molar-refractivity contribution in [3.63, 3.8) is 0 Å². The first kappa shape index (κ1) is 19.0. The maximum atomic E-state index is 13.4. The third-order valence-electron chi connectivity index (χ3n) is 5.15. The van der Waals surface area contributed by atoms with Crippen LogP contribution in [0.25, 0.3) is 17.1 Å². The van der Waals surface area contributed by atoms with Gasteiger partial charge >= 0.3 is 0 Å². The summed E-state index contributed by atoms with van der Waals surface area (Å²) in [5.74, 6) is 0.746. The molecule has 0 radical (unpaired) electrons. The summed E-state index contributed by atoms with van der Waals surface area (Å²) in [5, 5.41) is 14.3. The van der Waals surface area contributed by atoms with Gasteiger partial charge in [-0.1, -0.05) is 30.3 Å². The van der Waals surface area contributed by atoms with Crippen molar-refractivity contribution in [2.24, 2.45) is 5.92 Å². The zero-order valence-corrected chi connectivity index (χ0v) is 16.4. The number of aliphatic hydroxyl groups excluding tert-OH is 1. The fraction of sp³-hybridized carbons (Fsp3) is 0.333. The zero-order chi connectivity index (χ0) is 19.5. The molecule has 5 nitrogen and oxygen atoms in total. The van der Waals surface area contributed by atoms with E-state index in [4.69, 9.17) is 17.3 Å². The van der Waals surface area contributed by atoms with E-state index in [9.17, 15) is 9.50 Å². The van der Waals surface area contributed by atoms with Crippen molar-refractivity contribution in [2.45, 2.75) is 19.5 Å². The van der Waals surface area contributed by atoms with Gasteiger partial charge in [0.25, 0.3) is 0 Å². The van der Waals surface area contributed by atoms with Crippen molar-refractivity contribution in [1.82, 2.24) is 19.2 Å².